The largest absolute Gasteiger partial charge is 0.398 e. The van der Waals surface area contributed by atoms with Crippen LogP contribution in [0.25, 0.3) is 0 Å². The van der Waals surface area contributed by atoms with Gasteiger partial charge in [0.05, 0.1) is 11.8 Å². The fraction of sp³-hybridized carbons (Fsp3) is 0. The Kier molecular flexibility index (Phi) is 1.94. The lowest BCUT2D eigenvalue weighted by molar-refractivity contribution is 0.103. The van der Waals surface area contributed by atoms with Crippen molar-refractivity contribution >= 4 is 11.5 Å². The molecule has 3 N–H and O–H groups in total. The van der Waals surface area contributed by atoms with Gasteiger partial charge in [0.15, 0.2) is 5.69 Å². The van der Waals surface area contributed by atoms with E-state index >= 15 is 0 Å². The SMILES string of the molecule is Nc1ccncc1C(=O)c1cn[nH]n1. The van der Waals surface area contributed by atoms with Gasteiger partial charge in [-0.2, -0.15) is 15.4 Å². The Morgan fingerprint density at radius 1 is 1.43 bits per heavy atom. The van der Waals surface area contributed by atoms with Crippen molar-refractivity contribution < 1.29 is 4.79 Å². The van der Waals surface area contributed by atoms with Gasteiger partial charge in [-0.15, -0.1) is 0 Å². The number of nitrogens with zero attached hydrogens (tertiary/aromatic N) is 3. The molecule has 0 saturated carbocycles. The van der Waals surface area contributed by atoms with Crippen LogP contribution in [-0.4, -0.2) is 26.2 Å². The first-order chi connectivity index (χ1) is 6.79. The number of nitrogen functional groups attached to an aromatic ring is 1. The Balaban J connectivity index is 2.42. The third-order valence-corrected chi connectivity index (χ3v) is 1.75. The fourth-order valence-corrected chi connectivity index (χ4v) is 1.04. The van der Waals surface area contributed by atoms with E-state index in [1.807, 2.05) is 0 Å². The molecule has 0 bridgehead atoms. The van der Waals surface area contributed by atoms with Crippen LogP contribution in [0.2, 0.25) is 0 Å². The van der Waals surface area contributed by atoms with E-state index in [-0.39, 0.29) is 11.5 Å². The van der Waals surface area contributed by atoms with E-state index < -0.39 is 0 Å². The van der Waals surface area contributed by atoms with Crippen LogP contribution in [0.3, 0.4) is 0 Å². The third kappa shape index (κ3) is 1.33. The molecule has 0 unspecified atom stereocenters. The van der Waals surface area contributed by atoms with Crippen molar-refractivity contribution in [1.29, 1.82) is 0 Å². The zero-order valence-electron chi connectivity index (χ0n) is 7.14. The van der Waals surface area contributed by atoms with Gasteiger partial charge in [0.1, 0.15) is 0 Å². The highest BCUT2D eigenvalue weighted by atomic mass is 16.1. The minimum absolute atomic E-state index is 0.227. The third-order valence-electron chi connectivity index (χ3n) is 1.75. The number of ketones is 1. The summed E-state index contributed by atoms with van der Waals surface area (Å²) < 4.78 is 0. The summed E-state index contributed by atoms with van der Waals surface area (Å²) in [7, 11) is 0. The summed E-state index contributed by atoms with van der Waals surface area (Å²) in [4.78, 5) is 15.5. The standard InChI is InChI=1S/C8H7N5O/c9-6-1-2-10-3-5(6)8(14)7-4-11-13-12-7/h1-4H,(H2,9,10)(H,11,12,13). The van der Waals surface area contributed by atoms with Crippen LogP contribution in [0.1, 0.15) is 16.1 Å². The molecule has 2 aromatic rings. The Hall–Kier alpha value is -2.24. The molecular weight excluding hydrogens is 182 g/mol. The van der Waals surface area contributed by atoms with E-state index in [1.54, 1.807) is 6.07 Å². The van der Waals surface area contributed by atoms with Crippen molar-refractivity contribution in [3.8, 4) is 0 Å². The predicted octanol–water partition coefficient (Wildman–Crippen LogP) is 0.0129. The number of rotatable bonds is 2. The van der Waals surface area contributed by atoms with Crippen molar-refractivity contribution in [2.24, 2.45) is 0 Å². The maximum Gasteiger partial charge on any atom is 0.218 e. The second-order valence-electron chi connectivity index (χ2n) is 2.65. The number of H-pyrrole nitrogens is 1. The van der Waals surface area contributed by atoms with Gasteiger partial charge in [-0.1, -0.05) is 0 Å². The topological polar surface area (TPSA) is 97.5 Å². The molecule has 6 nitrogen and oxygen atoms in total. The zero-order chi connectivity index (χ0) is 9.97. The second-order valence-corrected chi connectivity index (χ2v) is 2.65. The summed E-state index contributed by atoms with van der Waals surface area (Å²) in [6, 6.07) is 1.56. The molecule has 0 aliphatic carbocycles. The minimum atomic E-state index is -0.288. The Morgan fingerprint density at radius 3 is 2.93 bits per heavy atom. The Labute approximate surface area is 79.2 Å². The van der Waals surface area contributed by atoms with Crippen LogP contribution in [0.5, 0.6) is 0 Å². The van der Waals surface area contributed by atoms with Gasteiger partial charge >= 0.3 is 0 Å². The molecule has 2 heterocycles. The molecule has 70 valence electrons. The number of pyridine rings is 1. The normalized spacial score (nSPS) is 10.0. The van der Waals surface area contributed by atoms with Gasteiger partial charge in [0.25, 0.3) is 0 Å². The van der Waals surface area contributed by atoms with Gasteiger partial charge < -0.3 is 5.73 Å². The van der Waals surface area contributed by atoms with Gasteiger partial charge in [-0.25, -0.2) is 0 Å². The van der Waals surface area contributed by atoms with E-state index in [0.29, 0.717) is 11.3 Å². The predicted molar refractivity (Wildman–Crippen MR) is 48.5 cm³/mol. The van der Waals surface area contributed by atoms with Crippen LogP contribution in [0, 0.1) is 0 Å². The monoisotopic (exact) mass is 189 g/mol. The number of aromatic amines is 1. The summed E-state index contributed by atoms with van der Waals surface area (Å²) in [6.45, 7) is 0. The van der Waals surface area contributed by atoms with Crippen LogP contribution in [0.15, 0.2) is 24.7 Å². The number of hydrogen-bond acceptors (Lipinski definition) is 5. The lowest BCUT2D eigenvalue weighted by atomic mass is 10.1. The first kappa shape index (κ1) is 8.36. The Bertz CT molecular complexity index is 451. The first-order valence-electron chi connectivity index (χ1n) is 3.89. The van der Waals surface area contributed by atoms with Crippen molar-refractivity contribution in [3.05, 3.63) is 35.9 Å². The minimum Gasteiger partial charge on any atom is -0.398 e. The van der Waals surface area contributed by atoms with Gasteiger partial charge in [0, 0.05) is 18.1 Å². The quantitative estimate of drug-likeness (QED) is 0.648. The Morgan fingerprint density at radius 2 is 2.29 bits per heavy atom. The van der Waals surface area contributed by atoms with Crippen LogP contribution in [-0.2, 0) is 0 Å². The molecule has 0 atom stereocenters. The van der Waals surface area contributed by atoms with E-state index in [0.717, 1.165) is 0 Å². The van der Waals surface area contributed by atoms with Crippen LogP contribution >= 0.6 is 0 Å². The number of carbonyl (C=O) groups is 1. The molecule has 0 aromatic carbocycles. The number of anilines is 1. The number of carbonyl (C=O) groups excluding carboxylic acids is 1. The van der Waals surface area contributed by atoms with Crippen molar-refractivity contribution in [2.45, 2.75) is 0 Å². The summed E-state index contributed by atoms with van der Waals surface area (Å²) >= 11 is 0. The lowest BCUT2D eigenvalue weighted by Gasteiger charge is -1.99. The van der Waals surface area contributed by atoms with Crippen molar-refractivity contribution in [3.63, 3.8) is 0 Å². The molecule has 2 aromatic heterocycles. The van der Waals surface area contributed by atoms with Gasteiger partial charge in [0.2, 0.25) is 5.78 Å². The maximum atomic E-state index is 11.7. The molecule has 2 rings (SSSR count). The molecule has 0 saturated heterocycles. The molecule has 6 heteroatoms. The molecule has 0 spiro atoms. The highest BCUT2D eigenvalue weighted by Crippen LogP contribution is 2.12. The fourth-order valence-electron chi connectivity index (χ4n) is 1.04. The lowest BCUT2D eigenvalue weighted by Crippen LogP contribution is -2.06. The van der Waals surface area contributed by atoms with Crippen molar-refractivity contribution in [1.82, 2.24) is 20.4 Å². The average Bonchev–Trinajstić information content (AvgIpc) is 2.70. The summed E-state index contributed by atoms with van der Waals surface area (Å²) in [6.07, 6.45) is 4.27. The molecule has 0 aliphatic rings. The molecule has 0 amide bonds. The van der Waals surface area contributed by atoms with E-state index in [4.69, 9.17) is 5.73 Å². The molecule has 0 aliphatic heterocycles. The maximum absolute atomic E-state index is 11.7. The summed E-state index contributed by atoms with van der Waals surface area (Å²) in [5, 5.41) is 9.56. The van der Waals surface area contributed by atoms with Crippen molar-refractivity contribution in [2.75, 3.05) is 5.73 Å². The van der Waals surface area contributed by atoms with E-state index in [2.05, 4.69) is 20.4 Å². The molecule has 14 heavy (non-hydrogen) atoms. The zero-order valence-corrected chi connectivity index (χ0v) is 7.14. The van der Waals surface area contributed by atoms with E-state index in [9.17, 15) is 4.79 Å². The number of hydrogen-bond donors (Lipinski definition) is 2. The number of aromatic nitrogens is 4. The smallest absolute Gasteiger partial charge is 0.218 e. The summed E-state index contributed by atoms with van der Waals surface area (Å²) in [5.41, 5.74) is 6.55. The molecule has 0 fully saturated rings. The van der Waals surface area contributed by atoms with Crippen LogP contribution in [0.4, 0.5) is 5.69 Å². The van der Waals surface area contributed by atoms with Gasteiger partial charge in [-0.05, 0) is 6.07 Å². The van der Waals surface area contributed by atoms with E-state index in [1.165, 1.54) is 18.6 Å². The molecular formula is C8H7N5O. The second kappa shape index (κ2) is 3.25. The highest BCUT2D eigenvalue weighted by Gasteiger charge is 2.14. The molecule has 0 radical (unpaired) electrons. The van der Waals surface area contributed by atoms with Gasteiger partial charge in [-0.3, -0.25) is 9.78 Å². The number of nitrogens with one attached hydrogen (secondary N) is 1. The first-order valence-corrected chi connectivity index (χ1v) is 3.89. The number of nitrogens with two attached hydrogens (primary N) is 1. The highest BCUT2D eigenvalue weighted by molar-refractivity contribution is 6.10. The van der Waals surface area contributed by atoms with Crippen LogP contribution < -0.4 is 5.73 Å². The summed E-state index contributed by atoms with van der Waals surface area (Å²) in [5.74, 6) is -0.288. The average molecular weight is 189 g/mol.